The van der Waals surface area contributed by atoms with E-state index in [1.54, 1.807) is 0 Å². The molecule has 0 spiro atoms. The second-order valence-electron chi connectivity index (χ2n) is 19.1. The molecule has 0 bridgehead atoms. The van der Waals surface area contributed by atoms with Crippen LogP contribution in [0.5, 0.6) is 0 Å². The maximum absolute atomic E-state index is 5.37. The molecular weight excluding hydrogens is 862 g/mol. The summed E-state index contributed by atoms with van der Waals surface area (Å²) in [6.45, 7) is -0.161. The van der Waals surface area contributed by atoms with Crippen molar-refractivity contribution in [3.05, 3.63) is 231 Å². The van der Waals surface area contributed by atoms with Gasteiger partial charge < -0.3 is 9.80 Å². The number of hydrogen-bond acceptors (Lipinski definition) is 5. The molecule has 0 unspecified atom stereocenters. The van der Waals surface area contributed by atoms with Crippen LogP contribution in [0.2, 0.25) is 0 Å². The Bertz CT molecular complexity index is 4160. The third-order valence-corrected chi connectivity index (χ3v) is 15.3. The molecule has 71 heavy (non-hydrogen) atoms. The van der Waals surface area contributed by atoms with Crippen molar-refractivity contribution in [1.82, 2.24) is 15.0 Å². The van der Waals surface area contributed by atoms with Crippen LogP contribution in [0.15, 0.2) is 231 Å². The van der Waals surface area contributed by atoms with Crippen LogP contribution in [0, 0.1) is 0 Å². The molecule has 0 saturated heterocycles. The van der Waals surface area contributed by atoms with E-state index in [1.165, 1.54) is 81.0 Å². The summed E-state index contributed by atoms with van der Waals surface area (Å²) in [5.41, 5.74) is 13.3. The normalized spacial score (nSPS) is 13.0. The highest BCUT2D eigenvalue weighted by Crippen LogP contribution is 2.50. The van der Waals surface area contributed by atoms with Crippen molar-refractivity contribution in [1.29, 1.82) is 0 Å². The molecule has 2 aliphatic rings. The molecule has 13 aromatic carbocycles. The van der Waals surface area contributed by atoms with Gasteiger partial charge in [-0.3, -0.25) is 0 Å². The zero-order chi connectivity index (χ0) is 46.3. The summed E-state index contributed by atoms with van der Waals surface area (Å²) in [5.74, 6) is 1.86. The van der Waals surface area contributed by atoms with Gasteiger partial charge in [0.25, 0.3) is 6.71 Å². The molecule has 0 amide bonds. The van der Waals surface area contributed by atoms with E-state index in [-0.39, 0.29) is 6.71 Å². The summed E-state index contributed by atoms with van der Waals surface area (Å²) < 4.78 is 0. The zero-order valence-corrected chi connectivity index (χ0v) is 38.3. The van der Waals surface area contributed by atoms with Crippen LogP contribution >= 0.6 is 0 Å². The lowest BCUT2D eigenvalue weighted by molar-refractivity contribution is 1.07. The van der Waals surface area contributed by atoms with Crippen molar-refractivity contribution in [2.75, 3.05) is 9.80 Å². The first-order chi connectivity index (χ1) is 35.2. The largest absolute Gasteiger partial charge is 0.311 e. The molecule has 6 heteroatoms. The van der Waals surface area contributed by atoms with E-state index in [0.717, 1.165) is 50.8 Å². The second kappa shape index (κ2) is 14.6. The Morgan fingerprint density at radius 2 is 0.620 bits per heavy atom. The molecule has 0 fully saturated rings. The fourth-order valence-corrected chi connectivity index (χ4v) is 12.4. The van der Waals surface area contributed by atoms with Crippen molar-refractivity contribution in [3.63, 3.8) is 0 Å². The van der Waals surface area contributed by atoms with E-state index < -0.39 is 0 Å². The number of aromatic nitrogens is 3. The third kappa shape index (κ3) is 5.50. The number of fused-ring (bicyclic) bond motifs is 6. The SMILES string of the molecule is c1ccc(-c2nc(-c3ccccc3)nc(-c3cc4c5c(c3)N(c3ccccc3)c3cc6ccc7cccc8ccc(c3B5c3c(cc5ccc9cccc%10ccc3c5c9%10)N4c3ccccc3)c6c78)n2)cc1. The molecule has 326 valence electrons. The quantitative estimate of drug-likeness (QED) is 0.127. The number of rotatable bonds is 5. The van der Waals surface area contributed by atoms with Gasteiger partial charge in [-0.15, -0.1) is 0 Å². The second-order valence-corrected chi connectivity index (χ2v) is 19.1. The minimum absolute atomic E-state index is 0.161. The highest BCUT2D eigenvalue weighted by Gasteiger charge is 2.46. The number of nitrogens with zero attached hydrogens (tertiary/aromatic N) is 5. The van der Waals surface area contributed by atoms with Crippen LogP contribution in [0.3, 0.4) is 0 Å². The van der Waals surface area contributed by atoms with Gasteiger partial charge >= 0.3 is 0 Å². The predicted octanol–water partition coefficient (Wildman–Crippen LogP) is 14.7. The van der Waals surface area contributed by atoms with E-state index in [0.29, 0.717) is 17.5 Å². The summed E-state index contributed by atoms with van der Waals surface area (Å²) in [5, 5.41) is 15.3. The Morgan fingerprint density at radius 1 is 0.268 bits per heavy atom. The smallest absolute Gasteiger partial charge is 0.253 e. The zero-order valence-electron chi connectivity index (χ0n) is 38.3. The van der Waals surface area contributed by atoms with Gasteiger partial charge in [-0.1, -0.05) is 182 Å². The number of hydrogen-bond donors (Lipinski definition) is 0. The van der Waals surface area contributed by atoms with Gasteiger partial charge in [0, 0.05) is 50.8 Å². The molecule has 0 aliphatic carbocycles. The van der Waals surface area contributed by atoms with E-state index in [4.69, 9.17) is 15.0 Å². The first-order valence-electron chi connectivity index (χ1n) is 24.4. The lowest BCUT2D eigenvalue weighted by Crippen LogP contribution is -2.61. The highest BCUT2D eigenvalue weighted by atomic mass is 15.2. The van der Waals surface area contributed by atoms with Crippen molar-refractivity contribution >= 4 is 122 Å². The maximum atomic E-state index is 5.37. The topological polar surface area (TPSA) is 45.2 Å². The van der Waals surface area contributed by atoms with E-state index in [2.05, 4.69) is 204 Å². The summed E-state index contributed by atoms with van der Waals surface area (Å²) in [4.78, 5) is 20.9. The summed E-state index contributed by atoms with van der Waals surface area (Å²) >= 11 is 0. The third-order valence-electron chi connectivity index (χ3n) is 15.3. The van der Waals surface area contributed by atoms with Gasteiger partial charge in [-0.05, 0) is 130 Å². The van der Waals surface area contributed by atoms with Gasteiger partial charge in [0.1, 0.15) is 0 Å². The Morgan fingerprint density at radius 3 is 1.04 bits per heavy atom. The van der Waals surface area contributed by atoms with Crippen LogP contribution in [-0.2, 0) is 0 Å². The fourth-order valence-electron chi connectivity index (χ4n) is 12.4. The maximum Gasteiger partial charge on any atom is 0.253 e. The van der Waals surface area contributed by atoms with Crippen LogP contribution in [0.1, 0.15) is 0 Å². The molecule has 16 rings (SSSR count). The van der Waals surface area contributed by atoms with E-state index in [9.17, 15) is 0 Å². The standard InChI is InChI=1S/C65H38BN5/c1-5-15-43(16-6-1)63-67-64(44-17-7-2-8-18-44)69-65(68-63)47-37-54-62-55(38-47)71(49-25-11-4-12-26-49)53-36-46-30-28-40-20-14-22-42-32-34-51(59(46)57(40)42)61(53)66(62)60-50-33-31-41-21-13-19-39-27-29-45(58(50)56(39)41)35-52(60)70(54)48-23-9-3-10-24-48/h1-38H. The summed E-state index contributed by atoms with van der Waals surface area (Å²) in [6, 6.07) is 84.2. The molecular formula is C65H38BN5. The van der Waals surface area contributed by atoms with Crippen molar-refractivity contribution in [3.8, 4) is 34.2 Å². The summed E-state index contributed by atoms with van der Waals surface area (Å²) in [6.07, 6.45) is 0. The van der Waals surface area contributed by atoms with Gasteiger partial charge in [0.05, 0.1) is 0 Å². The predicted molar refractivity (Wildman–Crippen MR) is 298 cm³/mol. The molecule has 0 N–H and O–H groups in total. The van der Waals surface area contributed by atoms with Crippen LogP contribution in [0.4, 0.5) is 34.1 Å². The average Bonchev–Trinajstić information content (AvgIpc) is 3.45. The number of benzene rings is 13. The van der Waals surface area contributed by atoms with Crippen molar-refractivity contribution < 1.29 is 0 Å². The first-order valence-corrected chi connectivity index (χ1v) is 24.4. The molecule has 1 aromatic heterocycles. The van der Waals surface area contributed by atoms with Gasteiger partial charge in [-0.25, -0.2) is 15.0 Å². The molecule has 0 saturated carbocycles. The Labute approximate surface area is 409 Å². The lowest BCUT2D eigenvalue weighted by Gasteiger charge is -2.45. The van der Waals surface area contributed by atoms with Crippen LogP contribution < -0.4 is 26.2 Å². The van der Waals surface area contributed by atoms with Gasteiger partial charge in [0.2, 0.25) is 0 Å². The molecule has 14 aromatic rings. The van der Waals surface area contributed by atoms with E-state index >= 15 is 0 Å². The van der Waals surface area contributed by atoms with Gasteiger partial charge in [0.15, 0.2) is 17.5 Å². The molecule has 5 nitrogen and oxygen atoms in total. The molecule has 0 atom stereocenters. The van der Waals surface area contributed by atoms with E-state index in [1.807, 2.05) is 36.4 Å². The Hall–Kier alpha value is -9.39. The minimum Gasteiger partial charge on any atom is -0.311 e. The first kappa shape index (κ1) is 38.6. The Balaban J connectivity index is 1.09. The molecule has 3 heterocycles. The minimum atomic E-state index is -0.161. The number of anilines is 6. The van der Waals surface area contributed by atoms with Crippen LogP contribution in [0.25, 0.3) is 98.8 Å². The van der Waals surface area contributed by atoms with Crippen molar-refractivity contribution in [2.24, 2.45) is 0 Å². The molecule has 2 aliphatic heterocycles. The average molecular weight is 900 g/mol. The summed E-state index contributed by atoms with van der Waals surface area (Å²) in [7, 11) is 0. The highest BCUT2D eigenvalue weighted by molar-refractivity contribution is 7.03. The Kier molecular flexibility index (Phi) is 7.91. The molecule has 0 radical (unpaired) electrons. The number of para-hydroxylation sites is 2. The monoisotopic (exact) mass is 899 g/mol. The van der Waals surface area contributed by atoms with Crippen molar-refractivity contribution in [2.45, 2.75) is 0 Å². The van der Waals surface area contributed by atoms with Crippen LogP contribution in [-0.4, -0.2) is 21.7 Å². The fraction of sp³-hybridized carbons (Fsp3) is 0. The van der Waals surface area contributed by atoms with Gasteiger partial charge in [-0.2, -0.15) is 0 Å². The lowest BCUT2D eigenvalue weighted by atomic mass is 9.32.